The highest BCUT2D eigenvalue weighted by Gasteiger charge is 2.09. The van der Waals surface area contributed by atoms with Gasteiger partial charge in [-0.05, 0) is 49.4 Å². The molecule has 2 aromatic carbocycles. The maximum absolute atomic E-state index is 9.48. The van der Waals surface area contributed by atoms with Crippen LogP contribution in [-0.2, 0) is 0 Å². The molecule has 0 atom stereocenters. The molecule has 0 saturated carbocycles. The van der Waals surface area contributed by atoms with Gasteiger partial charge in [0.25, 0.3) is 0 Å². The normalized spacial score (nSPS) is 11.1. The van der Waals surface area contributed by atoms with Crippen molar-refractivity contribution in [1.29, 1.82) is 5.26 Å². The molecule has 0 radical (unpaired) electrons. The summed E-state index contributed by atoms with van der Waals surface area (Å²) in [7, 11) is 0. The average Bonchev–Trinajstić information content (AvgIpc) is 3.16. The summed E-state index contributed by atoms with van der Waals surface area (Å²) < 4.78 is 5.45. The quantitative estimate of drug-likeness (QED) is 0.467. The maximum atomic E-state index is 9.48. The number of ether oxygens (including phenoxy) is 1. The zero-order valence-electron chi connectivity index (χ0n) is 14.4. The molecule has 27 heavy (non-hydrogen) atoms. The Morgan fingerprint density at radius 2 is 2.00 bits per heavy atom. The average molecular weight is 416 g/mol. The minimum Gasteiger partial charge on any atom is -0.494 e. The van der Waals surface area contributed by atoms with Crippen molar-refractivity contribution in [3.8, 4) is 23.1 Å². The van der Waals surface area contributed by atoms with E-state index in [9.17, 15) is 5.26 Å². The molecule has 0 amide bonds. The van der Waals surface area contributed by atoms with E-state index < -0.39 is 0 Å². The molecular formula is C20H15Cl2N3OS. The topological polar surface area (TPSA) is 57.9 Å². The second kappa shape index (κ2) is 8.92. The molecule has 4 nitrogen and oxygen atoms in total. The van der Waals surface area contributed by atoms with Crippen LogP contribution in [0.1, 0.15) is 11.9 Å². The van der Waals surface area contributed by atoms with Gasteiger partial charge < -0.3 is 10.1 Å². The first-order valence-electron chi connectivity index (χ1n) is 8.11. The number of allylic oxidation sites excluding steroid dienone is 1. The standard InChI is InChI=1S/C20H15Cl2N3OS/c1-2-26-16-6-3-13(4-7-16)19-12-27-20(25-19)14(10-23)11-24-15-5-8-17(21)18(22)9-15/h3-9,11-12,24H,2H2,1H3/b14-11-. The third-order valence-corrected chi connectivity index (χ3v) is 5.23. The lowest BCUT2D eigenvalue weighted by Gasteiger charge is -2.03. The van der Waals surface area contributed by atoms with Gasteiger partial charge in [0.2, 0.25) is 0 Å². The van der Waals surface area contributed by atoms with E-state index in [1.54, 1.807) is 24.4 Å². The molecule has 1 N–H and O–H groups in total. The summed E-state index contributed by atoms with van der Waals surface area (Å²) in [6.07, 6.45) is 1.61. The van der Waals surface area contributed by atoms with Crippen molar-refractivity contribution in [2.24, 2.45) is 0 Å². The summed E-state index contributed by atoms with van der Waals surface area (Å²) >= 11 is 13.3. The summed E-state index contributed by atoms with van der Waals surface area (Å²) in [6, 6.07) is 15.1. The van der Waals surface area contributed by atoms with Gasteiger partial charge in [-0.1, -0.05) is 23.2 Å². The zero-order chi connectivity index (χ0) is 19.2. The fourth-order valence-corrected chi connectivity index (χ4v) is 3.39. The van der Waals surface area contributed by atoms with Gasteiger partial charge in [0.05, 0.1) is 22.3 Å². The number of nitrogens with one attached hydrogen (secondary N) is 1. The molecule has 136 valence electrons. The molecule has 3 rings (SSSR count). The minimum atomic E-state index is 0.434. The second-order valence-corrected chi connectivity index (χ2v) is 7.11. The van der Waals surface area contributed by atoms with Crippen LogP contribution < -0.4 is 10.1 Å². The van der Waals surface area contributed by atoms with Crippen molar-refractivity contribution in [1.82, 2.24) is 4.98 Å². The monoisotopic (exact) mass is 415 g/mol. The Balaban J connectivity index is 1.78. The smallest absolute Gasteiger partial charge is 0.136 e. The Hall–Kier alpha value is -2.52. The molecule has 0 aliphatic carbocycles. The van der Waals surface area contributed by atoms with Gasteiger partial charge in [0, 0.05) is 22.8 Å². The number of halogens is 2. The van der Waals surface area contributed by atoms with Crippen molar-refractivity contribution in [2.75, 3.05) is 11.9 Å². The van der Waals surface area contributed by atoms with Gasteiger partial charge in [-0.25, -0.2) is 4.98 Å². The van der Waals surface area contributed by atoms with Gasteiger partial charge in [-0.15, -0.1) is 11.3 Å². The van der Waals surface area contributed by atoms with Crippen molar-refractivity contribution in [2.45, 2.75) is 6.92 Å². The largest absolute Gasteiger partial charge is 0.494 e. The molecule has 1 heterocycles. The van der Waals surface area contributed by atoms with Crippen LogP contribution in [0.25, 0.3) is 16.8 Å². The molecule has 0 aliphatic heterocycles. The molecule has 0 spiro atoms. The first-order chi connectivity index (χ1) is 13.1. The number of hydrogen-bond donors (Lipinski definition) is 1. The predicted molar refractivity (Wildman–Crippen MR) is 112 cm³/mol. The first-order valence-corrected chi connectivity index (χ1v) is 9.75. The Labute approximate surface area is 171 Å². The van der Waals surface area contributed by atoms with Crippen LogP contribution in [0, 0.1) is 11.3 Å². The van der Waals surface area contributed by atoms with Gasteiger partial charge in [-0.2, -0.15) is 5.26 Å². The highest BCUT2D eigenvalue weighted by molar-refractivity contribution is 7.11. The zero-order valence-corrected chi connectivity index (χ0v) is 16.7. The van der Waals surface area contributed by atoms with Gasteiger partial charge in [0.1, 0.15) is 22.4 Å². The molecule has 0 fully saturated rings. The lowest BCUT2D eigenvalue weighted by Crippen LogP contribution is -1.91. The molecule has 0 aliphatic rings. The van der Waals surface area contributed by atoms with E-state index in [0.29, 0.717) is 27.2 Å². The highest BCUT2D eigenvalue weighted by Crippen LogP contribution is 2.28. The number of hydrogen-bond acceptors (Lipinski definition) is 5. The number of nitriles is 1. The Kier molecular flexibility index (Phi) is 6.36. The molecule has 3 aromatic rings. The van der Waals surface area contributed by atoms with Crippen LogP contribution in [-0.4, -0.2) is 11.6 Å². The SMILES string of the molecule is CCOc1ccc(-c2csc(/C(C#N)=C\Nc3ccc(Cl)c(Cl)c3)n2)cc1. The van der Waals surface area contributed by atoms with Gasteiger partial charge in [0.15, 0.2) is 0 Å². The fourth-order valence-electron chi connectivity index (χ4n) is 2.30. The van der Waals surface area contributed by atoms with E-state index >= 15 is 0 Å². The summed E-state index contributed by atoms with van der Waals surface area (Å²) in [4.78, 5) is 4.57. The number of rotatable bonds is 6. The van der Waals surface area contributed by atoms with E-state index in [4.69, 9.17) is 27.9 Å². The molecule has 0 saturated heterocycles. The maximum Gasteiger partial charge on any atom is 0.136 e. The Morgan fingerprint density at radius 1 is 1.22 bits per heavy atom. The van der Waals surface area contributed by atoms with Crippen molar-refractivity contribution in [3.05, 3.63) is 69.1 Å². The van der Waals surface area contributed by atoms with E-state index in [1.165, 1.54) is 11.3 Å². The molecule has 0 unspecified atom stereocenters. The van der Waals surface area contributed by atoms with Gasteiger partial charge >= 0.3 is 0 Å². The van der Waals surface area contributed by atoms with E-state index in [-0.39, 0.29) is 0 Å². The molecule has 0 bridgehead atoms. The number of nitrogens with zero attached hydrogens (tertiary/aromatic N) is 2. The van der Waals surface area contributed by atoms with Gasteiger partial charge in [-0.3, -0.25) is 0 Å². The first kappa shape index (κ1) is 19.2. The lowest BCUT2D eigenvalue weighted by molar-refractivity contribution is 0.340. The Bertz CT molecular complexity index is 1010. The van der Waals surface area contributed by atoms with Crippen LogP contribution in [0.3, 0.4) is 0 Å². The van der Waals surface area contributed by atoms with Crippen LogP contribution in [0.2, 0.25) is 10.0 Å². The third-order valence-electron chi connectivity index (χ3n) is 3.62. The number of thiazole rings is 1. The molecule has 1 aromatic heterocycles. The minimum absolute atomic E-state index is 0.434. The van der Waals surface area contributed by atoms with Crippen molar-refractivity contribution in [3.63, 3.8) is 0 Å². The number of anilines is 1. The lowest BCUT2D eigenvalue weighted by atomic mass is 10.2. The summed E-state index contributed by atoms with van der Waals surface area (Å²) in [5.41, 5.74) is 2.95. The van der Waals surface area contributed by atoms with Crippen LogP contribution >= 0.6 is 34.5 Å². The molecular weight excluding hydrogens is 401 g/mol. The highest BCUT2D eigenvalue weighted by atomic mass is 35.5. The van der Waals surface area contributed by atoms with Crippen LogP contribution in [0.4, 0.5) is 5.69 Å². The second-order valence-electron chi connectivity index (χ2n) is 5.44. The van der Waals surface area contributed by atoms with E-state index in [2.05, 4.69) is 16.4 Å². The number of aromatic nitrogens is 1. The van der Waals surface area contributed by atoms with Crippen LogP contribution in [0.15, 0.2) is 54.0 Å². The predicted octanol–water partition coefficient (Wildman–Crippen LogP) is 6.49. The van der Waals surface area contributed by atoms with E-state index in [1.807, 2.05) is 36.6 Å². The summed E-state index contributed by atoms with van der Waals surface area (Å²) in [5, 5.41) is 16.0. The number of benzene rings is 2. The fraction of sp³-hybridized carbons (Fsp3) is 0.100. The van der Waals surface area contributed by atoms with Crippen molar-refractivity contribution >= 4 is 45.8 Å². The van der Waals surface area contributed by atoms with Crippen LogP contribution in [0.5, 0.6) is 5.75 Å². The third kappa shape index (κ3) is 4.81. The summed E-state index contributed by atoms with van der Waals surface area (Å²) in [6.45, 7) is 2.57. The Morgan fingerprint density at radius 3 is 2.67 bits per heavy atom. The summed E-state index contributed by atoms with van der Waals surface area (Å²) in [5.74, 6) is 0.820. The van der Waals surface area contributed by atoms with Crippen molar-refractivity contribution < 1.29 is 4.74 Å². The molecule has 7 heteroatoms. The van der Waals surface area contributed by atoms with E-state index in [0.717, 1.165) is 22.7 Å².